The van der Waals surface area contributed by atoms with Gasteiger partial charge in [-0.15, -0.1) is 18.0 Å². The Bertz CT molecular complexity index is 508. The lowest BCUT2D eigenvalue weighted by Crippen LogP contribution is -2.33. The fourth-order valence-corrected chi connectivity index (χ4v) is 2.20. The van der Waals surface area contributed by atoms with Crippen LogP contribution in [0.15, 0.2) is 18.2 Å². The molecule has 114 valence electrons. The molecule has 1 amide bonds. The van der Waals surface area contributed by atoms with Crippen LogP contribution in [0.2, 0.25) is 0 Å². The molecule has 0 saturated carbocycles. The number of hydrogen-bond acceptors (Lipinski definition) is 2. The van der Waals surface area contributed by atoms with Gasteiger partial charge in [0.2, 0.25) is 5.91 Å². The Balaban J connectivity index is 3.20. The van der Waals surface area contributed by atoms with Gasteiger partial charge in [-0.1, -0.05) is 38.3 Å². The number of terminal acetylenes is 1. The second kappa shape index (κ2) is 9.31. The van der Waals surface area contributed by atoms with Gasteiger partial charge in [0.1, 0.15) is 11.6 Å². The van der Waals surface area contributed by atoms with Gasteiger partial charge in [0.25, 0.3) is 0 Å². The Labute approximate surface area is 132 Å². The number of nitrogens with zero attached hydrogens (tertiary/aromatic N) is 1. The first-order valence-electron chi connectivity index (χ1n) is 7.24. The van der Waals surface area contributed by atoms with E-state index in [0.717, 1.165) is 30.5 Å². The minimum Gasteiger partial charge on any atom is -0.491 e. The fourth-order valence-electron chi connectivity index (χ4n) is 2.06. The lowest BCUT2D eigenvalue weighted by atomic mass is 10.1. The summed E-state index contributed by atoms with van der Waals surface area (Å²) in [5, 5.41) is 0. The van der Waals surface area contributed by atoms with Crippen LogP contribution >= 0.6 is 11.6 Å². The molecular formula is C17H22ClNO2. The average Bonchev–Trinajstić information content (AvgIpc) is 2.52. The summed E-state index contributed by atoms with van der Waals surface area (Å²) >= 11 is 5.71. The third-order valence-corrected chi connectivity index (χ3v) is 3.38. The van der Waals surface area contributed by atoms with Gasteiger partial charge >= 0.3 is 0 Å². The van der Waals surface area contributed by atoms with Crippen molar-refractivity contribution in [1.82, 2.24) is 0 Å². The second-order valence-electron chi connectivity index (χ2n) is 4.64. The molecule has 0 aromatic heterocycles. The summed E-state index contributed by atoms with van der Waals surface area (Å²) in [6.07, 6.45) is 8.20. The average molecular weight is 308 g/mol. The third-order valence-electron chi connectivity index (χ3n) is 3.15. The van der Waals surface area contributed by atoms with Crippen LogP contribution in [0.5, 0.6) is 5.75 Å². The summed E-state index contributed by atoms with van der Waals surface area (Å²) in [7, 11) is 0. The molecule has 0 unspecified atom stereocenters. The number of ether oxygens (including phenoxy) is 1. The highest BCUT2D eigenvalue weighted by Crippen LogP contribution is 2.33. The maximum Gasteiger partial charge on any atom is 0.242 e. The van der Waals surface area contributed by atoms with Crippen molar-refractivity contribution in [3.63, 3.8) is 0 Å². The fraction of sp³-hybridized carbons (Fsp3) is 0.471. The molecule has 1 aromatic carbocycles. The minimum absolute atomic E-state index is 0.103. The summed E-state index contributed by atoms with van der Waals surface area (Å²) in [6, 6.07) is 5.78. The first-order valence-corrected chi connectivity index (χ1v) is 7.77. The van der Waals surface area contributed by atoms with E-state index in [0.29, 0.717) is 12.4 Å². The zero-order chi connectivity index (χ0) is 15.7. The third kappa shape index (κ3) is 4.68. The standard InChI is InChI=1S/C17H22ClNO2/c1-4-7-12-21-15-10-8-9-14(6-3)17(15)19(11-5-2)16(20)13-18/h2,8-10H,4,6-7,11-13H2,1,3H3. The number of benzene rings is 1. The SMILES string of the molecule is C#CCN(C(=O)CCl)c1c(CC)cccc1OCCCC. The number of para-hydroxylation sites is 1. The van der Waals surface area contributed by atoms with Crippen molar-refractivity contribution in [1.29, 1.82) is 0 Å². The Kier molecular flexibility index (Phi) is 7.71. The van der Waals surface area contributed by atoms with Gasteiger partial charge in [0, 0.05) is 0 Å². The van der Waals surface area contributed by atoms with Crippen molar-refractivity contribution in [3.8, 4) is 18.1 Å². The number of halogens is 1. The van der Waals surface area contributed by atoms with Crippen LogP contribution in [-0.2, 0) is 11.2 Å². The predicted molar refractivity (Wildman–Crippen MR) is 88.1 cm³/mol. The number of carbonyl (C=O) groups excluding carboxylic acids is 1. The number of unbranched alkanes of at least 4 members (excludes halogenated alkanes) is 1. The first kappa shape index (κ1) is 17.4. The molecule has 0 atom stereocenters. The lowest BCUT2D eigenvalue weighted by Gasteiger charge is -2.25. The summed E-state index contributed by atoms with van der Waals surface area (Å²) in [4.78, 5) is 13.6. The zero-order valence-corrected chi connectivity index (χ0v) is 13.4. The maximum absolute atomic E-state index is 12.1. The summed E-state index contributed by atoms with van der Waals surface area (Å²) in [6.45, 7) is 4.95. The van der Waals surface area contributed by atoms with Crippen molar-refractivity contribution < 1.29 is 9.53 Å². The molecule has 3 nitrogen and oxygen atoms in total. The molecule has 0 aliphatic rings. The van der Waals surface area contributed by atoms with Gasteiger partial charge in [-0.2, -0.15) is 0 Å². The topological polar surface area (TPSA) is 29.5 Å². The number of rotatable bonds is 8. The summed E-state index contributed by atoms with van der Waals surface area (Å²) in [5.74, 6) is 2.89. The van der Waals surface area contributed by atoms with Crippen LogP contribution in [0.3, 0.4) is 0 Å². The van der Waals surface area contributed by atoms with Crippen molar-refractivity contribution in [2.75, 3.05) is 23.9 Å². The highest BCUT2D eigenvalue weighted by Gasteiger charge is 2.21. The van der Waals surface area contributed by atoms with E-state index >= 15 is 0 Å². The molecular weight excluding hydrogens is 286 g/mol. The Morgan fingerprint density at radius 1 is 1.43 bits per heavy atom. The van der Waals surface area contributed by atoms with E-state index in [9.17, 15) is 4.79 Å². The normalized spacial score (nSPS) is 10.0. The number of amides is 1. The Morgan fingerprint density at radius 2 is 2.19 bits per heavy atom. The van der Waals surface area contributed by atoms with Gasteiger partial charge in [-0.3, -0.25) is 9.69 Å². The van der Waals surface area contributed by atoms with Crippen LogP contribution in [-0.4, -0.2) is 24.9 Å². The van der Waals surface area contributed by atoms with Crippen LogP contribution in [0.4, 0.5) is 5.69 Å². The number of alkyl halides is 1. The highest BCUT2D eigenvalue weighted by molar-refractivity contribution is 6.29. The predicted octanol–water partition coefficient (Wildman–Crippen LogP) is 3.63. The molecule has 0 spiro atoms. The van der Waals surface area contributed by atoms with Gasteiger partial charge in [-0.05, 0) is 24.5 Å². The molecule has 0 aliphatic carbocycles. The van der Waals surface area contributed by atoms with Crippen LogP contribution in [0.25, 0.3) is 0 Å². The van der Waals surface area contributed by atoms with Gasteiger partial charge < -0.3 is 4.74 Å². The molecule has 0 aliphatic heterocycles. The molecule has 1 rings (SSSR count). The molecule has 0 bridgehead atoms. The molecule has 0 fully saturated rings. The van der Waals surface area contributed by atoms with E-state index in [1.165, 1.54) is 4.90 Å². The lowest BCUT2D eigenvalue weighted by molar-refractivity contribution is -0.116. The van der Waals surface area contributed by atoms with E-state index in [1.54, 1.807) is 0 Å². The van der Waals surface area contributed by atoms with Crippen LogP contribution < -0.4 is 9.64 Å². The number of carbonyl (C=O) groups is 1. The van der Waals surface area contributed by atoms with E-state index in [2.05, 4.69) is 12.8 Å². The highest BCUT2D eigenvalue weighted by atomic mass is 35.5. The monoisotopic (exact) mass is 307 g/mol. The van der Waals surface area contributed by atoms with Gasteiger partial charge in [0.05, 0.1) is 18.8 Å². The molecule has 21 heavy (non-hydrogen) atoms. The first-order chi connectivity index (χ1) is 10.2. The number of anilines is 1. The van der Waals surface area contributed by atoms with Crippen molar-refractivity contribution in [2.45, 2.75) is 33.1 Å². The molecule has 0 radical (unpaired) electrons. The summed E-state index contributed by atoms with van der Waals surface area (Å²) < 4.78 is 5.84. The zero-order valence-electron chi connectivity index (χ0n) is 12.7. The van der Waals surface area contributed by atoms with E-state index in [1.807, 2.05) is 25.1 Å². The van der Waals surface area contributed by atoms with E-state index in [-0.39, 0.29) is 18.3 Å². The van der Waals surface area contributed by atoms with Crippen molar-refractivity contribution in [2.24, 2.45) is 0 Å². The minimum atomic E-state index is -0.212. The number of aryl methyl sites for hydroxylation is 1. The van der Waals surface area contributed by atoms with Gasteiger partial charge in [0.15, 0.2) is 0 Å². The summed E-state index contributed by atoms with van der Waals surface area (Å²) in [5.41, 5.74) is 1.78. The smallest absolute Gasteiger partial charge is 0.242 e. The van der Waals surface area contributed by atoms with Crippen LogP contribution in [0.1, 0.15) is 32.3 Å². The molecule has 0 N–H and O–H groups in total. The van der Waals surface area contributed by atoms with Gasteiger partial charge in [-0.25, -0.2) is 0 Å². The molecule has 4 heteroatoms. The van der Waals surface area contributed by atoms with E-state index < -0.39 is 0 Å². The molecule has 1 aromatic rings. The van der Waals surface area contributed by atoms with Crippen molar-refractivity contribution >= 4 is 23.2 Å². The maximum atomic E-state index is 12.1. The Hall–Kier alpha value is -1.66. The quantitative estimate of drug-likeness (QED) is 0.417. The number of hydrogen-bond donors (Lipinski definition) is 0. The van der Waals surface area contributed by atoms with E-state index in [4.69, 9.17) is 22.8 Å². The van der Waals surface area contributed by atoms with Crippen molar-refractivity contribution in [3.05, 3.63) is 23.8 Å². The van der Waals surface area contributed by atoms with Crippen LogP contribution in [0, 0.1) is 12.3 Å². The second-order valence-corrected chi connectivity index (χ2v) is 4.90. The largest absolute Gasteiger partial charge is 0.491 e. The molecule has 0 saturated heterocycles. The Morgan fingerprint density at radius 3 is 2.76 bits per heavy atom. The molecule has 0 heterocycles.